The number of hydrogen-bond acceptors (Lipinski definition) is 8. The molecule has 1 aromatic heterocycles. The van der Waals surface area contributed by atoms with Gasteiger partial charge in [0.25, 0.3) is 0 Å². The highest BCUT2D eigenvalue weighted by Gasteiger charge is 2.42. The largest absolute Gasteiger partial charge is 0.379 e. The first-order valence-electron chi connectivity index (χ1n) is 19.1. The molecule has 0 fully saturated rings. The van der Waals surface area contributed by atoms with E-state index in [2.05, 4.69) is 140 Å². The quantitative estimate of drug-likeness (QED) is 0.116. The van der Waals surface area contributed by atoms with Crippen molar-refractivity contribution in [3.05, 3.63) is 118 Å². The van der Waals surface area contributed by atoms with Gasteiger partial charge in [-0.1, -0.05) is 67.6 Å². The number of nitrogens with two attached hydrogens (primary N) is 1. The average molecular weight is 721 g/mol. The van der Waals surface area contributed by atoms with E-state index < -0.39 is 0 Å². The number of rotatable bonds is 18. The molecule has 6 rings (SSSR count). The molecule has 10 heteroatoms. The second kappa shape index (κ2) is 17.2. The van der Waals surface area contributed by atoms with Gasteiger partial charge in [0.1, 0.15) is 12.7 Å². The van der Waals surface area contributed by atoms with E-state index in [-0.39, 0.29) is 10.8 Å². The minimum atomic E-state index is -0.0834. The monoisotopic (exact) mass is 720 g/mol. The van der Waals surface area contributed by atoms with Crippen LogP contribution in [0.1, 0.15) is 63.8 Å². The number of nitrogens with zero attached hydrogens (tertiary/aromatic N) is 5. The molecule has 0 atom stereocenters. The van der Waals surface area contributed by atoms with Gasteiger partial charge in [0.2, 0.25) is 5.69 Å². The van der Waals surface area contributed by atoms with Crippen molar-refractivity contribution in [3.63, 3.8) is 0 Å². The number of hydrogen-bond donors (Lipinski definition) is 2. The van der Waals surface area contributed by atoms with Crippen molar-refractivity contribution in [1.29, 1.82) is 0 Å². The van der Waals surface area contributed by atoms with Crippen LogP contribution in [0.15, 0.2) is 102 Å². The lowest BCUT2D eigenvalue weighted by molar-refractivity contribution is -0.401. The zero-order chi connectivity index (χ0) is 37.4. The third kappa shape index (κ3) is 8.57. The summed E-state index contributed by atoms with van der Waals surface area (Å²) in [6.07, 6.45) is 14.1. The van der Waals surface area contributed by atoms with Crippen molar-refractivity contribution in [1.82, 2.24) is 20.3 Å². The van der Waals surface area contributed by atoms with E-state index in [9.17, 15) is 0 Å². The first kappa shape index (κ1) is 38.4. The van der Waals surface area contributed by atoms with Crippen LogP contribution in [0.25, 0.3) is 0 Å². The van der Waals surface area contributed by atoms with Gasteiger partial charge in [0.05, 0.1) is 57.7 Å². The predicted octanol–water partition coefficient (Wildman–Crippen LogP) is 6.31. The van der Waals surface area contributed by atoms with Crippen molar-refractivity contribution in [2.75, 3.05) is 65.2 Å². The zero-order valence-corrected chi connectivity index (χ0v) is 32.5. The van der Waals surface area contributed by atoms with Gasteiger partial charge in [-0.05, 0) is 68.5 Å². The number of para-hydroxylation sites is 2. The fraction of sp³-hybridized carbons (Fsp3) is 0.465. The molecule has 0 saturated heterocycles. The van der Waals surface area contributed by atoms with Crippen molar-refractivity contribution < 1.29 is 18.8 Å². The second-order valence-electron chi connectivity index (χ2n) is 15.1. The Bertz CT molecular complexity index is 1900. The first-order valence-corrected chi connectivity index (χ1v) is 19.1. The van der Waals surface area contributed by atoms with E-state index in [1.54, 1.807) is 0 Å². The van der Waals surface area contributed by atoms with Gasteiger partial charge in [-0.3, -0.25) is 0 Å². The van der Waals surface area contributed by atoms with Crippen molar-refractivity contribution >= 4 is 17.1 Å². The standard InChI is InChI=1S/C43H57N7O3/c1-42(2)35-12-7-9-14-37(35)48(5)39(42)20-18-32-16-17-33(19-21-40-43(3,4)36-13-8-10-15-38(36)49(40)6)41(32)45-30-34-31-50(47-46-34)23-25-52-27-29-53-28-26-51-24-11-22-44/h7-10,12-15,18-21,31H,11,16-17,22-30,44H2,1-6H3/p+1. The number of anilines is 1. The van der Waals surface area contributed by atoms with E-state index in [1.165, 1.54) is 50.8 Å². The molecule has 2 aromatic carbocycles. The summed E-state index contributed by atoms with van der Waals surface area (Å²) in [5, 5.41) is 12.6. The average Bonchev–Trinajstić information content (AvgIpc) is 3.87. The predicted molar refractivity (Wildman–Crippen MR) is 213 cm³/mol. The van der Waals surface area contributed by atoms with Crippen LogP contribution in [0.3, 0.4) is 0 Å². The lowest BCUT2D eigenvalue weighted by atomic mass is 9.81. The molecule has 0 unspecified atom stereocenters. The number of benzene rings is 2. The third-order valence-electron chi connectivity index (χ3n) is 10.8. The van der Waals surface area contributed by atoms with E-state index in [0.717, 1.165) is 25.0 Å². The Hall–Kier alpha value is -4.35. The molecule has 0 saturated carbocycles. The lowest BCUT2D eigenvalue weighted by Gasteiger charge is -2.24. The summed E-state index contributed by atoms with van der Waals surface area (Å²) >= 11 is 0. The van der Waals surface area contributed by atoms with E-state index in [4.69, 9.17) is 19.9 Å². The Kier molecular flexibility index (Phi) is 12.5. The Labute approximate surface area is 315 Å². The maximum Gasteiger partial charge on any atom is 0.209 e. The third-order valence-corrected chi connectivity index (χ3v) is 10.8. The van der Waals surface area contributed by atoms with Gasteiger partial charge in [-0.15, -0.1) is 5.10 Å². The Balaban J connectivity index is 1.14. The maximum atomic E-state index is 5.76. The van der Waals surface area contributed by atoms with Crippen LogP contribution < -0.4 is 16.0 Å². The van der Waals surface area contributed by atoms with Crippen LogP contribution in [0.4, 0.5) is 11.4 Å². The molecule has 53 heavy (non-hydrogen) atoms. The maximum absolute atomic E-state index is 5.76. The number of likely N-dealkylation sites (N-methyl/N-ethyl adjacent to an activating group) is 1. The molecule has 0 radical (unpaired) electrons. The van der Waals surface area contributed by atoms with Crippen LogP contribution in [0, 0.1) is 0 Å². The molecule has 0 amide bonds. The summed E-state index contributed by atoms with van der Waals surface area (Å²) in [6.45, 7) is 14.5. The molecule has 3 heterocycles. The highest BCUT2D eigenvalue weighted by Crippen LogP contribution is 2.47. The van der Waals surface area contributed by atoms with Gasteiger partial charge in [-0.25, -0.2) is 4.68 Å². The fourth-order valence-corrected chi connectivity index (χ4v) is 7.84. The fourth-order valence-electron chi connectivity index (χ4n) is 7.84. The Morgan fingerprint density at radius 1 is 0.849 bits per heavy atom. The number of fused-ring (bicyclic) bond motifs is 2. The SMILES string of the molecule is CN1C(=CC=C2CCC(C=CC3=[N+](C)c4ccccc4C3(C)C)=C2NCc2cn(CCOCCOCCOCCCN)nn2)C(C)(C)c2ccccc21. The Morgan fingerprint density at radius 3 is 2.28 bits per heavy atom. The lowest BCUT2D eigenvalue weighted by Crippen LogP contribution is -2.26. The smallest absolute Gasteiger partial charge is 0.209 e. The topological polar surface area (TPSA) is 103 Å². The van der Waals surface area contributed by atoms with E-state index in [0.29, 0.717) is 59.3 Å². The van der Waals surface area contributed by atoms with Gasteiger partial charge in [0.15, 0.2) is 5.71 Å². The van der Waals surface area contributed by atoms with Gasteiger partial charge in [0, 0.05) is 53.9 Å². The zero-order valence-electron chi connectivity index (χ0n) is 32.5. The number of aromatic nitrogens is 3. The van der Waals surface area contributed by atoms with E-state index in [1.807, 2.05) is 10.9 Å². The molecule has 3 aliphatic rings. The minimum Gasteiger partial charge on any atom is -0.379 e. The van der Waals surface area contributed by atoms with Crippen LogP contribution in [0.2, 0.25) is 0 Å². The summed E-state index contributed by atoms with van der Waals surface area (Å²) in [7, 11) is 4.35. The molecule has 2 aliphatic heterocycles. The van der Waals surface area contributed by atoms with Crippen molar-refractivity contribution in [2.24, 2.45) is 5.73 Å². The summed E-state index contributed by atoms with van der Waals surface area (Å²) in [5.41, 5.74) is 17.8. The van der Waals surface area contributed by atoms with Crippen LogP contribution in [-0.2, 0) is 38.1 Å². The van der Waals surface area contributed by atoms with Crippen molar-refractivity contribution in [2.45, 2.75) is 70.9 Å². The molecular formula is C43H58N7O3+. The summed E-state index contributed by atoms with van der Waals surface area (Å²) in [5.74, 6) is 0. The second-order valence-corrected chi connectivity index (χ2v) is 15.1. The summed E-state index contributed by atoms with van der Waals surface area (Å²) in [6, 6.07) is 17.4. The number of nitrogens with one attached hydrogen (secondary N) is 1. The summed E-state index contributed by atoms with van der Waals surface area (Å²) in [4.78, 5) is 2.33. The normalized spacial score (nSPS) is 19.0. The molecular weight excluding hydrogens is 663 g/mol. The highest BCUT2D eigenvalue weighted by atomic mass is 16.5. The molecule has 3 aromatic rings. The molecule has 3 N–H and O–H groups in total. The number of allylic oxidation sites excluding steroid dienone is 7. The number of ether oxygens (including phenoxy) is 3. The van der Waals surface area contributed by atoms with Gasteiger partial charge in [-0.2, -0.15) is 4.58 Å². The van der Waals surface area contributed by atoms with Crippen LogP contribution in [0.5, 0.6) is 0 Å². The molecule has 1 aliphatic carbocycles. The molecule has 10 nitrogen and oxygen atoms in total. The van der Waals surface area contributed by atoms with Crippen LogP contribution in [-0.4, -0.2) is 85.6 Å². The Morgan fingerprint density at radius 2 is 1.55 bits per heavy atom. The van der Waals surface area contributed by atoms with Crippen molar-refractivity contribution in [3.8, 4) is 0 Å². The summed E-state index contributed by atoms with van der Waals surface area (Å²) < 4.78 is 21.0. The van der Waals surface area contributed by atoms with E-state index >= 15 is 0 Å². The molecule has 282 valence electrons. The van der Waals surface area contributed by atoms with Gasteiger partial charge < -0.3 is 30.2 Å². The minimum absolute atomic E-state index is 0.0834. The molecule has 0 bridgehead atoms. The van der Waals surface area contributed by atoms with Crippen LogP contribution >= 0.6 is 0 Å². The van der Waals surface area contributed by atoms with Gasteiger partial charge >= 0.3 is 0 Å². The molecule has 0 spiro atoms. The first-order chi connectivity index (χ1) is 25.6. The highest BCUT2D eigenvalue weighted by molar-refractivity contribution is 6.03.